The molecule has 0 aliphatic carbocycles. The Balaban J connectivity index is 1.96. The van der Waals surface area contributed by atoms with Gasteiger partial charge in [0.25, 0.3) is 0 Å². The lowest BCUT2D eigenvalue weighted by atomic mass is 10.3. The van der Waals surface area contributed by atoms with E-state index in [1.165, 1.54) is 5.56 Å². The molecule has 0 bridgehead atoms. The van der Waals surface area contributed by atoms with E-state index >= 15 is 0 Å². The van der Waals surface area contributed by atoms with Crippen LogP contribution in [0.4, 0.5) is 0 Å². The minimum Gasteiger partial charge on any atom is -0.333 e. The molecular formula is C12H19N5. The van der Waals surface area contributed by atoms with E-state index in [9.17, 15) is 0 Å². The standard InChI is InChI=1S/C12H19N5/c1-3-13-6-12-9-16(10-14-12)7-11-5-15-17(4-2)8-11/h5,8-10,13H,3-4,6-7H2,1-2H3. The number of imidazole rings is 1. The van der Waals surface area contributed by atoms with Gasteiger partial charge in [-0.15, -0.1) is 0 Å². The zero-order chi connectivity index (χ0) is 12.1. The molecule has 0 aromatic carbocycles. The second kappa shape index (κ2) is 5.63. The number of rotatable bonds is 6. The minimum atomic E-state index is 0.831. The molecule has 0 amide bonds. The van der Waals surface area contributed by atoms with Crippen LogP contribution in [0.3, 0.4) is 0 Å². The third-order valence-corrected chi connectivity index (χ3v) is 2.62. The summed E-state index contributed by atoms with van der Waals surface area (Å²) in [6.45, 7) is 7.72. The van der Waals surface area contributed by atoms with Gasteiger partial charge in [0.1, 0.15) is 0 Å². The molecule has 5 nitrogen and oxygen atoms in total. The maximum atomic E-state index is 4.35. The first-order valence-electron chi connectivity index (χ1n) is 6.04. The zero-order valence-electron chi connectivity index (χ0n) is 10.4. The van der Waals surface area contributed by atoms with Crippen molar-refractivity contribution in [3.05, 3.63) is 36.2 Å². The molecule has 0 saturated heterocycles. The number of hydrogen-bond donors (Lipinski definition) is 1. The summed E-state index contributed by atoms with van der Waals surface area (Å²) in [5.41, 5.74) is 2.29. The lowest BCUT2D eigenvalue weighted by Gasteiger charge is -1.98. The minimum absolute atomic E-state index is 0.831. The highest BCUT2D eigenvalue weighted by Crippen LogP contribution is 2.03. The van der Waals surface area contributed by atoms with Gasteiger partial charge in [0.2, 0.25) is 0 Å². The van der Waals surface area contributed by atoms with Crippen molar-refractivity contribution in [2.75, 3.05) is 6.54 Å². The highest BCUT2D eigenvalue weighted by atomic mass is 15.3. The Kier molecular flexibility index (Phi) is 3.93. The average molecular weight is 233 g/mol. The first-order chi connectivity index (χ1) is 8.31. The third-order valence-electron chi connectivity index (χ3n) is 2.62. The van der Waals surface area contributed by atoms with Gasteiger partial charge in [0, 0.05) is 31.0 Å². The molecule has 1 N–H and O–H groups in total. The van der Waals surface area contributed by atoms with Crippen LogP contribution in [0.5, 0.6) is 0 Å². The van der Waals surface area contributed by atoms with Crippen LogP contribution in [0.2, 0.25) is 0 Å². The fourth-order valence-corrected chi connectivity index (χ4v) is 1.71. The predicted molar refractivity (Wildman–Crippen MR) is 66.6 cm³/mol. The maximum Gasteiger partial charge on any atom is 0.0953 e. The molecule has 0 radical (unpaired) electrons. The molecule has 2 aromatic heterocycles. The Bertz CT molecular complexity index is 457. The summed E-state index contributed by atoms with van der Waals surface area (Å²) in [6, 6.07) is 0. The Morgan fingerprint density at radius 2 is 2.18 bits per heavy atom. The van der Waals surface area contributed by atoms with Crippen molar-refractivity contribution in [3.8, 4) is 0 Å². The summed E-state index contributed by atoms with van der Waals surface area (Å²) in [7, 11) is 0. The van der Waals surface area contributed by atoms with Crippen molar-refractivity contribution in [2.24, 2.45) is 0 Å². The van der Waals surface area contributed by atoms with Crippen LogP contribution in [0.25, 0.3) is 0 Å². The molecule has 0 spiro atoms. The van der Waals surface area contributed by atoms with E-state index in [2.05, 4.69) is 46.2 Å². The Morgan fingerprint density at radius 3 is 2.88 bits per heavy atom. The quantitative estimate of drug-likeness (QED) is 0.817. The second-order valence-electron chi connectivity index (χ2n) is 4.02. The first-order valence-corrected chi connectivity index (χ1v) is 6.04. The van der Waals surface area contributed by atoms with Gasteiger partial charge >= 0.3 is 0 Å². The molecule has 5 heteroatoms. The van der Waals surface area contributed by atoms with Crippen LogP contribution < -0.4 is 5.32 Å². The molecule has 92 valence electrons. The Hall–Kier alpha value is -1.62. The van der Waals surface area contributed by atoms with Gasteiger partial charge < -0.3 is 9.88 Å². The predicted octanol–water partition coefficient (Wildman–Crippen LogP) is 1.26. The molecule has 0 atom stereocenters. The maximum absolute atomic E-state index is 4.35. The van der Waals surface area contributed by atoms with Gasteiger partial charge in [-0.3, -0.25) is 4.68 Å². The number of nitrogens with one attached hydrogen (secondary N) is 1. The number of nitrogens with zero attached hydrogens (tertiary/aromatic N) is 4. The molecule has 0 saturated carbocycles. The van der Waals surface area contributed by atoms with E-state index in [0.717, 1.165) is 31.9 Å². The van der Waals surface area contributed by atoms with E-state index < -0.39 is 0 Å². The van der Waals surface area contributed by atoms with E-state index in [1.54, 1.807) is 0 Å². The first kappa shape index (κ1) is 11.9. The second-order valence-corrected chi connectivity index (χ2v) is 4.02. The lowest BCUT2D eigenvalue weighted by Crippen LogP contribution is -2.11. The molecule has 0 aliphatic heterocycles. The molecule has 2 heterocycles. The highest BCUT2D eigenvalue weighted by Gasteiger charge is 2.01. The highest BCUT2D eigenvalue weighted by molar-refractivity contribution is 5.06. The summed E-state index contributed by atoms with van der Waals surface area (Å²) in [6.07, 6.45) is 7.93. The van der Waals surface area contributed by atoms with Gasteiger partial charge in [-0.1, -0.05) is 6.92 Å². The van der Waals surface area contributed by atoms with Crippen molar-refractivity contribution in [1.29, 1.82) is 0 Å². The molecule has 0 fully saturated rings. The third kappa shape index (κ3) is 3.17. The fraction of sp³-hybridized carbons (Fsp3) is 0.500. The van der Waals surface area contributed by atoms with Crippen molar-refractivity contribution < 1.29 is 0 Å². The van der Waals surface area contributed by atoms with Crippen molar-refractivity contribution in [3.63, 3.8) is 0 Å². The van der Waals surface area contributed by atoms with Gasteiger partial charge in [-0.25, -0.2) is 4.98 Å². The summed E-state index contributed by atoms with van der Waals surface area (Å²) < 4.78 is 4.02. The van der Waals surface area contributed by atoms with E-state index in [4.69, 9.17) is 0 Å². The fourth-order valence-electron chi connectivity index (χ4n) is 1.71. The van der Waals surface area contributed by atoms with E-state index in [0.29, 0.717) is 0 Å². The van der Waals surface area contributed by atoms with Crippen molar-refractivity contribution in [1.82, 2.24) is 24.6 Å². The largest absolute Gasteiger partial charge is 0.333 e. The van der Waals surface area contributed by atoms with Crippen LogP contribution in [0.15, 0.2) is 24.9 Å². The normalized spacial score (nSPS) is 10.9. The van der Waals surface area contributed by atoms with E-state index in [-0.39, 0.29) is 0 Å². The Morgan fingerprint density at radius 1 is 1.29 bits per heavy atom. The number of hydrogen-bond acceptors (Lipinski definition) is 3. The summed E-state index contributed by atoms with van der Waals surface area (Å²) >= 11 is 0. The molecule has 2 aromatic rings. The number of aryl methyl sites for hydroxylation is 1. The van der Waals surface area contributed by atoms with Gasteiger partial charge in [0.15, 0.2) is 0 Å². The summed E-state index contributed by atoms with van der Waals surface area (Å²) in [5.74, 6) is 0. The van der Waals surface area contributed by atoms with Gasteiger partial charge in [0.05, 0.1) is 24.8 Å². The van der Waals surface area contributed by atoms with Crippen molar-refractivity contribution >= 4 is 0 Å². The van der Waals surface area contributed by atoms with Crippen LogP contribution >= 0.6 is 0 Å². The summed E-state index contributed by atoms with van der Waals surface area (Å²) in [4.78, 5) is 4.35. The molecule has 17 heavy (non-hydrogen) atoms. The lowest BCUT2D eigenvalue weighted by molar-refractivity contribution is 0.658. The molecular weight excluding hydrogens is 214 g/mol. The number of aromatic nitrogens is 4. The molecule has 0 aliphatic rings. The van der Waals surface area contributed by atoms with Crippen molar-refractivity contribution in [2.45, 2.75) is 33.5 Å². The monoisotopic (exact) mass is 233 g/mol. The van der Waals surface area contributed by atoms with Crippen LogP contribution in [-0.2, 0) is 19.6 Å². The van der Waals surface area contributed by atoms with Crippen LogP contribution in [0, 0.1) is 0 Å². The van der Waals surface area contributed by atoms with Gasteiger partial charge in [-0.05, 0) is 13.5 Å². The van der Waals surface area contributed by atoms with Gasteiger partial charge in [-0.2, -0.15) is 5.10 Å². The molecule has 2 rings (SSSR count). The zero-order valence-corrected chi connectivity index (χ0v) is 10.4. The summed E-state index contributed by atoms with van der Waals surface area (Å²) in [5, 5.41) is 7.52. The van der Waals surface area contributed by atoms with Crippen LogP contribution in [-0.4, -0.2) is 25.9 Å². The van der Waals surface area contributed by atoms with Crippen LogP contribution in [0.1, 0.15) is 25.1 Å². The molecule has 0 unspecified atom stereocenters. The average Bonchev–Trinajstić information content (AvgIpc) is 2.96. The van der Waals surface area contributed by atoms with E-state index in [1.807, 2.05) is 17.2 Å². The topological polar surface area (TPSA) is 47.7 Å². The smallest absolute Gasteiger partial charge is 0.0953 e. The Labute approximate surface area is 101 Å². The SMILES string of the molecule is CCNCc1cn(Cc2cnn(CC)c2)cn1.